The van der Waals surface area contributed by atoms with Gasteiger partial charge in [0.1, 0.15) is 73.6 Å². The highest BCUT2D eigenvalue weighted by atomic mass is 17.1. The molecule has 14 N–H and O–H groups in total. The maximum Gasteiger partial charge on any atom is 0.303 e. The molecule has 4 aromatic rings. The van der Waals surface area contributed by atoms with Gasteiger partial charge in [0.15, 0.2) is 12.2 Å². The van der Waals surface area contributed by atoms with Gasteiger partial charge in [-0.3, -0.25) is 64.2 Å². The molecule has 0 aliphatic heterocycles. The Bertz CT molecular complexity index is 3160. The van der Waals surface area contributed by atoms with Gasteiger partial charge in [-0.15, -0.1) is 0 Å². The van der Waals surface area contributed by atoms with Crippen LogP contribution in [-0.2, 0) is 88.4 Å². The smallest absolute Gasteiger partial charge is 0.303 e. The number of phenols is 1. The monoisotopic (exact) mass is 1560 g/mol. The lowest BCUT2D eigenvalue weighted by Gasteiger charge is -2.19. The van der Waals surface area contributed by atoms with Crippen LogP contribution in [0.4, 0.5) is 0 Å². The minimum atomic E-state index is -1.09. The second-order valence-corrected chi connectivity index (χ2v) is 26.9. The molecular weight excluding hydrogens is 1440 g/mol. The third-order valence-corrected chi connectivity index (χ3v) is 16.4. The highest BCUT2D eigenvalue weighted by molar-refractivity contribution is 5.90. The Morgan fingerprint density at radius 1 is 0.324 bits per heavy atom. The summed E-state index contributed by atoms with van der Waals surface area (Å²) < 4.78 is 16.7. The van der Waals surface area contributed by atoms with Gasteiger partial charge < -0.3 is 67.0 Å². The highest BCUT2D eigenvalue weighted by Gasteiger charge is 2.26. The first kappa shape index (κ1) is 100.0. The number of carboxylic acid groups (broad SMARTS) is 1. The van der Waals surface area contributed by atoms with E-state index < -0.39 is 48.3 Å². The number of phenolic OH excluding ortho intramolecular Hbond substituents is 1. The van der Waals surface area contributed by atoms with E-state index in [0.717, 1.165) is 118 Å². The lowest BCUT2D eigenvalue weighted by Crippen LogP contribution is -2.48. The molecule has 0 bridgehead atoms. The van der Waals surface area contributed by atoms with Crippen molar-refractivity contribution in [3.63, 3.8) is 0 Å². The van der Waals surface area contributed by atoms with E-state index in [-0.39, 0.29) is 98.9 Å². The largest absolute Gasteiger partial charge is 0.508 e. The second-order valence-electron chi connectivity index (χ2n) is 26.9. The quantitative estimate of drug-likeness (QED) is 0.0111. The number of benzene rings is 4. The summed E-state index contributed by atoms with van der Waals surface area (Å²) in [4.78, 5) is 125. The van der Waals surface area contributed by atoms with Crippen LogP contribution >= 0.6 is 0 Å². The number of carboxylic acids is 1. The summed E-state index contributed by atoms with van der Waals surface area (Å²) in [6, 6.07) is 25.4. The van der Waals surface area contributed by atoms with Gasteiger partial charge >= 0.3 is 5.97 Å². The molecule has 0 aliphatic carbocycles. The van der Waals surface area contributed by atoms with Gasteiger partial charge in [0.2, 0.25) is 47.3 Å². The van der Waals surface area contributed by atoms with E-state index in [1.807, 2.05) is 58.9 Å². The Labute approximate surface area is 655 Å². The number of carbonyl (C=O) groups excluding carboxylic acids is 8. The average molecular weight is 1570 g/mol. The van der Waals surface area contributed by atoms with Crippen molar-refractivity contribution < 1.29 is 108 Å². The van der Waals surface area contributed by atoms with Crippen LogP contribution in [0.1, 0.15) is 213 Å². The normalized spacial score (nSPS) is 11.8. The number of unbranched alkanes of at least 4 members (excludes halogenated alkanes) is 8. The lowest BCUT2D eigenvalue weighted by molar-refractivity contribution is -0.286. The molecule has 30 nitrogen and oxygen atoms in total. The van der Waals surface area contributed by atoms with Gasteiger partial charge in [-0.1, -0.05) is 148 Å². The number of hydrogen-bond acceptors (Lipinski definition) is 21. The van der Waals surface area contributed by atoms with E-state index >= 15 is 0 Å². The molecule has 30 heteroatoms. The SMILES string of the molecule is CCCCCNC(=O)C(Cc1ccc(OC(COO)COO)cc1)NC(=O)CCC.CCCCCNC(=O)C(Cc1ccc(OC(COO)COO)cc1)NC(=O)CCC(=O)O.CCCCCNC(=O)[C@H](Cc1ccc(O)cc1)NC(=O)CCC.CCCCCNC(=O)[C@H](Cc1ccc(OC(C)C)cc1)NC(=O)CCC. The maximum atomic E-state index is 12.6. The van der Waals surface area contributed by atoms with E-state index in [0.29, 0.717) is 82.6 Å². The summed E-state index contributed by atoms with van der Waals surface area (Å²) >= 11 is 0. The van der Waals surface area contributed by atoms with Crippen molar-refractivity contribution in [1.29, 1.82) is 0 Å². The fraction of sp³-hybridized carbons (Fsp3) is 0.593. The van der Waals surface area contributed by atoms with Crippen LogP contribution in [-0.4, -0.2) is 180 Å². The molecule has 4 aromatic carbocycles. The lowest BCUT2D eigenvalue weighted by atomic mass is 10.0. The van der Waals surface area contributed by atoms with Gasteiger partial charge in [0.05, 0.1) is 12.5 Å². The van der Waals surface area contributed by atoms with Crippen molar-refractivity contribution in [2.24, 2.45) is 0 Å². The summed E-state index contributed by atoms with van der Waals surface area (Å²) in [5, 5.41) is 74.9. The Morgan fingerprint density at radius 2 is 0.568 bits per heavy atom. The Balaban J connectivity index is 0.000000745. The van der Waals surface area contributed by atoms with Crippen LogP contribution in [0.25, 0.3) is 0 Å². The molecule has 4 rings (SSSR count). The van der Waals surface area contributed by atoms with Crippen molar-refractivity contribution in [3.8, 4) is 23.0 Å². The van der Waals surface area contributed by atoms with E-state index in [1.54, 1.807) is 72.8 Å². The molecule has 4 atom stereocenters. The summed E-state index contributed by atoms with van der Waals surface area (Å²) in [6.07, 6.45) is 15.1. The van der Waals surface area contributed by atoms with Gasteiger partial charge in [0.25, 0.3) is 0 Å². The van der Waals surface area contributed by atoms with Crippen molar-refractivity contribution in [3.05, 3.63) is 119 Å². The summed E-state index contributed by atoms with van der Waals surface area (Å²) in [5.41, 5.74) is 3.47. The van der Waals surface area contributed by atoms with E-state index in [9.17, 15) is 48.3 Å². The Morgan fingerprint density at radius 3 is 0.793 bits per heavy atom. The van der Waals surface area contributed by atoms with Crippen molar-refractivity contribution in [2.45, 2.75) is 259 Å². The summed E-state index contributed by atoms with van der Waals surface area (Å²) in [7, 11) is 0. The van der Waals surface area contributed by atoms with Gasteiger partial charge in [0, 0.05) is 77.5 Å². The third kappa shape index (κ3) is 49.8. The number of amides is 8. The minimum Gasteiger partial charge on any atom is -0.508 e. The predicted molar refractivity (Wildman–Crippen MR) is 421 cm³/mol. The topological polar surface area (TPSA) is 436 Å². The molecule has 624 valence electrons. The molecule has 111 heavy (non-hydrogen) atoms. The number of hydrogen-bond donors (Lipinski definition) is 14. The van der Waals surface area contributed by atoms with Crippen molar-refractivity contribution in [2.75, 3.05) is 52.6 Å². The zero-order chi connectivity index (χ0) is 82.4. The van der Waals surface area contributed by atoms with Crippen LogP contribution in [0.5, 0.6) is 23.0 Å². The molecule has 0 fully saturated rings. The fourth-order valence-corrected chi connectivity index (χ4v) is 10.6. The van der Waals surface area contributed by atoms with Gasteiger partial charge in [-0.05, 0) is 130 Å². The molecule has 8 amide bonds. The molecule has 0 aromatic heterocycles. The molecule has 0 aliphatic rings. The minimum absolute atomic E-state index is 0.0824. The number of aliphatic carboxylic acids is 1. The van der Waals surface area contributed by atoms with E-state index in [2.05, 4.69) is 89.8 Å². The molecule has 0 saturated carbocycles. The summed E-state index contributed by atoms with van der Waals surface area (Å²) in [5.74, 6) is -0.878. The maximum absolute atomic E-state index is 12.6. The van der Waals surface area contributed by atoms with Crippen LogP contribution in [0.15, 0.2) is 97.1 Å². The molecular formula is C81H128N8O22. The fourth-order valence-electron chi connectivity index (χ4n) is 10.6. The van der Waals surface area contributed by atoms with Gasteiger partial charge in [-0.25, -0.2) is 19.6 Å². The standard InChI is InChI=1S/C21H32N2O9.C21H34N2O7.C21H34N2O3.C18H28N2O3/c1-2-3-4-11-22-21(27)18(23-19(24)9-10-20(25)26)12-15-5-7-16(8-6-15)32-17(13-30-28)14-31-29;1-3-5-6-12-22-21(25)19(23-20(24)7-4-2)13-16-8-10-17(11-9-16)30-18(14-28-26)15-29-27;1-5-7-8-14-22-21(25)19(23-20(24)9-6-2)15-17-10-12-18(13-11-17)26-16(3)4;1-3-5-6-12-19-18(23)16(20-17(22)7-4-2)13-14-8-10-15(21)11-9-14/h5-8,17-18,28-29H,2-4,9-14H2,1H3,(H,22,27)(H,23,24)(H,25,26);8-11,18-19,26-27H,3-7,12-15H2,1-2H3,(H,22,25)(H,23,24);10-13,16,19H,5-9,14-15H2,1-4H3,(H,22,25)(H,23,24);8-11,16,21H,3-7,12-13H2,1-2H3,(H,19,23)(H,20,22)/t;;19-;16-/m..00/s1. The molecule has 0 heterocycles. The van der Waals surface area contributed by atoms with Crippen LogP contribution < -0.4 is 56.7 Å². The third-order valence-electron chi connectivity index (χ3n) is 16.4. The van der Waals surface area contributed by atoms with Crippen molar-refractivity contribution >= 4 is 53.2 Å². The Kier molecular flexibility index (Phi) is 57.3. The highest BCUT2D eigenvalue weighted by Crippen LogP contribution is 2.20. The number of nitrogens with one attached hydrogen (secondary N) is 8. The van der Waals surface area contributed by atoms with Gasteiger partial charge in [-0.2, -0.15) is 0 Å². The number of carbonyl (C=O) groups is 9. The van der Waals surface area contributed by atoms with E-state index in [1.165, 1.54) is 0 Å². The first-order chi connectivity index (χ1) is 53.4. The first-order valence-electron chi connectivity index (χ1n) is 39.1. The zero-order valence-corrected chi connectivity index (χ0v) is 66.6. The van der Waals surface area contributed by atoms with Crippen LogP contribution in [0.3, 0.4) is 0 Å². The number of aromatic hydroxyl groups is 1. The molecule has 0 radical (unpaired) electrons. The van der Waals surface area contributed by atoms with Crippen LogP contribution in [0, 0.1) is 0 Å². The molecule has 0 saturated heterocycles. The Hall–Kier alpha value is -9.01. The average Bonchev–Trinajstić information content (AvgIpc) is 0.886. The molecule has 2 unspecified atom stereocenters. The zero-order valence-electron chi connectivity index (χ0n) is 66.6. The second kappa shape index (κ2) is 63.6. The van der Waals surface area contributed by atoms with E-state index in [4.69, 9.17) is 40.3 Å². The number of ether oxygens (including phenoxy) is 3. The summed E-state index contributed by atoms with van der Waals surface area (Å²) in [6.45, 7) is 19.7. The van der Waals surface area contributed by atoms with Crippen molar-refractivity contribution in [1.82, 2.24) is 42.5 Å². The first-order valence-corrected chi connectivity index (χ1v) is 39.1. The van der Waals surface area contributed by atoms with Crippen LogP contribution in [0.2, 0.25) is 0 Å². The predicted octanol–water partition coefficient (Wildman–Crippen LogP) is 10.3. The number of rotatable bonds is 55. The molecule has 0 spiro atoms.